The minimum atomic E-state index is -0.238. The van der Waals surface area contributed by atoms with Crippen LogP contribution in [-0.2, 0) is 11.3 Å². The Hall–Kier alpha value is -2.96. The zero-order valence-corrected chi connectivity index (χ0v) is 16.5. The van der Waals surface area contributed by atoms with Crippen LogP contribution in [0.4, 0.5) is 5.82 Å². The second-order valence-corrected chi connectivity index (χ2v) is 7.09. The summed E-state index contributed by atoms with van der Waals surface area (Å²) in [7, 11) is 0. The maximum absolute atomic E-state index is 13.3. The lowest BCUT2D eigenvalue weighted by molar-refractivity contribution is 0.0983. The summed E-state index contributed by atoms with van der Waals surface area (Å²) >= 11 is 6.35. The van der Waals surface area contributed by atoms with Crippen molar-refractivity contribution >= 4 is 23.3 Å². The van der Waals surface area contributed by atoms with Gasteiger partial charge in [-0.15, -0.1) is 0 Å². The van der Waals surface area contributed by atoms with E-state index in [4.69, 9.17) is 21.1 Å². The molecule has 0 bridgehead atoms. The number of carbonyl (C=O) groups is 1. The Morgan fingerprint density at radius 3 is 2.69 bits per heavy atom. The first-order valence-electron chi connectivity index (χ1n) is 9.37. The monoisotopic (exact) mass is 409 g/mol. The molecule has 1 saturated heterocycles. The lowest BCUT2D eigenvalue weighted by Gasteiger charge is -2.22. The van der Waals surface area contributed by atoms with E-state index in [2.05, 4.69) is 9.97 Å². The quantitative estimate of drug-likeness (QED) is 0.612. The van der Waals surface area contributed by atoms with E-state index in [0.717, 1.165) is 12.0 Å². The molecule has 1 aromatic carbocycles. The SMILES string of the molecule is O=C(c1cnc(OC2CCOC2)c(Cl)c1)N(Cc1ccccc1)c1ccccn1. The fourth-order valence-corrected chi connectivity index (χ4v) is 3.30. The van der Waals surface area contributed by atoms with E-state index >= 15 is 0 Å². The van der Waals surface area contributed by atoms with Crippen LogP contribution in [0.2, 0.25) is 5.02 Å². The van der Waals surface area contributed by atoms with E-state index in [-0.39, 0.29) is 12.0 Å². The van der Waals surface area contributed by atoms with Crippen molar-refractivity contribution in [1.82, 2.24) is 9.97 Å². The largest absolute Gasteiger partial charge is 0.471 e. The van der Waals surface area contributed by atoms with Gasteiger partial charge in [0, 0.05) is 18.8 Å². The Kier molecular flexibility index (Phi) is 6.03. The molecule has 0 saturated carbocycles. The summed E-state index contributed by atoms with van der Waals surface area (Å²) in [4.78, 5) is 23.5. The third-order valence-electron chi connectivity index (χ3n) is 4.58. The normalized spacial score (nSPS) is 15.8. The van der Waals surface area contributed by atoms with Crippen LogP contribution in [0.25, 0.3) is 0 Å². The lowest BCUT2D eigenvalue weighted by atomic mass is 10.2. The van der Waals surface area contributed by atoms with Crippen LogP contribution in [0.15, 0.2) is 67.0 Å². The highest BCUT2D eigenvalue weighted by atomic mass is 35.5. The predicted molar refractivity (Wildman–Crippen MR) is 110 cm³/mol. The van der Waals surface area contributed by atoms with Crippen LogP contribution in [0.5, 0.6) is 5.88 Å². The van der Waals surface area contributed by atoms with Gasteiger partial charge >= 0.3 is 0 Å². The second kappa shape index (κ2) is 9.03. The maximum Gasteiger partial charge on any atom is 0.261 e. The number of ether oxygens (including phenoxy) is 2. The Morgan fingerprint density at radius 1 is 1.17 bits per heavy atom. The highest BCUT2D eigenvalue weighted by molar-refractivity contribution is 6.32. The number of benzene rings is 1. The standard InChI is InChI=1S/C22H20ClN3O3/c23-19-12-17(13-25-21(19)29-18-9-11-28-15-18)22(27)26(20-8-4-5-10-24-20)14-16-6-2-1-3-7-16/h1-8,10,12-13,18H,9,11,14-15H2. The Morgan fingerprint density at radius 2 is 2.00 bits per heavy atom. The van der Waals surface area contributed by atoms with Gasteiger partial charge in [0.15, 0.2) is 0 Å². The molecule has 7 heteroatoms. The molecule has 0 N–H and O–H groups in total. The van der Waals surface area contributed by atoms with Gasteiger partial charge in [-0.25, -0.2) is 9.97 Å². The summed E-state index contributed by atoms with van der Waals surface area (Å²) in [6.07, 6.45) is 3.88. The van der Waals surface area contributed by atoms with Crippen LogP contribution in [0, 0.1) is 0 Å². The van der Waals surface area contributed by atoms with Crippen molar-refractivity contribution in [3.05, 3.63) is 83.1 Å². The molecule has 3 heterocycles. The third-order valence-corrected chi connectivity index (χ3v) is 4.85. The van der Waals surface area contributed by atoms with Crippen LogP contribution in [0.1, 0.15) is 22.3 Å². The fraction of sp³-hybridized carbons (Fsp3) is 0.227. The van der Waals surface area contributed by atoms with Crippen LogP contribution in [-0.4, -0.2) is 35.2 Å². The average Bonchev–Trinajstić information content (AvgIpc) is 3.27. The van der Waals surface area contributed by atoms with E-state index < -0.39 is 0 Å². The van der Waals surface area contributed by atoms with Crippen molar-refractivity contribution in [3.8, 4) is 5.88 Å². The van der Waals surface area contributed by atoms with Crippen molar-refractivity contribution in [2.75, 3.05) is 18.1 Å². The molecule has 4 rings (SSSR count). The fourth-order valence-electron chi connectivity index (χ4n) is 3.08. The smallest absolute Gasteiger partial charge is 0.261 e. The summed E-state index contributed by atoms with van der Waals surface area (Å²) in [5.74, 6) is 0.629. The Labute approximate surface area is 174 Å². The molecule has 1 aliphatic rings. The number of nitrogens with zero attached hydrogens (tertiary/aromatic N) is 3. The first kappa shape index (κ1) is 19.4. The lowest BCUT2D eigenvalue weighted by Crippen LogP contribution is -2.31. The van der Waals surface area contributed by atoms with Crippen molar-refractivity contribution in [2.45, 2.75) is 19.1 Å². The van der Waals surface area contributed by atoms with E-state index in [9.17, 15) is 4.79 Å². The van der Waals surface area contributed by atoms with Gasteiger partial charge in [0.25, 0.3) is 5.91 Å². The summed E-state index contributed by atoms with van der Waals surface area (Å²) in [6, 6.07) is 16.8. The van der Waals surface area contributed by atoms with Crippen molar-refractivity contribution < 1.29 is 14.3 Å². The highest BCUT2D eigenvalue weighted by Gasteiger charge is 2.23. The minimum absolute atomic E-state index is 0.0651. The van der Waals surface area contributed by atoms with Gasteiger partial charge in [0.2, 0.25) is 5.88 Å². The zero-order chi connectivity index (χ0) is 20.1. The number of halogens is 1. The number of amides is 1. The van der Waals surface area contributed by atoms with Crippen LogP contribution >= 0.6 is 11.6 Å². The number of carbonyl (C=O) groups excluding carboxylic acids is 1. The topological polar surface area (TPSA) is 64.6 Å². The Bertz CT molecular complexity index is 964. The zero-order valence-electron chi connectivity index (χ0n) is 15.7. The molecule has 29 heavy (non-hydrogen) atoms. The molecule has 6 nitrogen and oxygen atoms in total. The molecule has 1 aliphatic heterocycles. The van der Waals surface area contributed by atoms with Crippen molar-refractivity contribution in [1.29, 1.82) is 0 Å². The first-order chi connectivity index (χ1) is 14.2. The summed E-state index contributed by atoms with van der Waals surface area (Å²) in [6.45, 7) is 1.56. The van der Waals surface area contributed by atoms with Crippen molar-refractivity contribution in [3.63, 3.8) is 0 Å². The van der Waals surface area contributed by atoms with Gasteiger partial charge in [-0.1, -0.05) is 48.0 Å². The molecule has 148 valence electrons. The summed E-state index contributed by atoms with van der Waals surface area (Å²) < 4.78 is 11.1. The molecular formula is C22H20ClN3O3. The summed E-state index contributed by atoms with van der Waals surface area (Å²) in [5.41, 5.74) is 1.36. The number of rotatable bonds is 6. The highest BCUT2D eigenvalue weighted by Crippen LogP contribution is 2.26. The number of hydrogen-bond acceptors (Lipinski definition) is 5. The average molecular weight is 410 g/mol. The number of pyridine rings is 2. The van der Waals surface area contributed by atoms with E-state index in [1.165, 1.54) is 6.20 Å². The predicted octanol–water partition coefficient (Wildman–Crippen LogP) is 4.14. The maximum atomic E-state index is 13.3. The molecule has 2 aromatic heterocycles. The van der Waals surface area contributed by atoms with E-state index in [1.54, 1.807) is 23.2 Å². The molecule has 1 atom stereocenters. The van der Waals surface area contributed by atoms with Gasteiger partial charge in [0.1, 0.15) is 16.9 Å². The number of aromatic nitrogens is 2. The second-order valence-electron chi connectivity index (χ2n) is 6.68. The van der Waals surface area contributed by atoms with E-state index in [0.29, 0.717) is 42.0 Å². The number of hydrogen-bond donors (Lipinski definition) is 0. The number of anilines is 1. The van der Waals surface area contributed by atoms with E-state index in [1.807, 2.05) is 42.5 Å². The molecule has 0 radical (unpaired) electrons. The van der Waals surface area contributed by atoms with Gasteiger partial charge in [-0.05, 0) is 23.8 Å². The summed E-state index contributed by atoms with van der Waals surface area (Å²) in [5, 5.41) is 0.295. The molecule has 1 unspecified atom stereocenters. The molecule has 1 amide bonds. The van der Waals surface area contributed by atoms with Gasteiger partial charge in [0.05, 0.1) is 25.3 Å². The van der Waals surface area contributed by atoms with Gasteiger partial charge < -0.3 is 9.47 Å². The van der Waals surface area contributed by atoms with Crippen molar-refractivity contribution in [2.24, 2.45) is 0 Å². The molecular weight excluding hydrogens is 390 g/mol. The molecule has 0 spiro atoms. The molecule has 1 fully saturated rings. The van der Waals surface area contributed by atoms with Crippen LogP contribution < -0.4 is 9.64 Å². The molecule has 0 aliphatic carbocycles. The van der Waals surface area contributed by atoms with Crippen LogP contribution in [0.3, 0.4) is 0 Å². The van der Waals surface area contributed by atoms with Gasteiger partial charge in [-0.3, -0.25) is 9.69 Å². The minimum Gasteiger partial charge on any atom is -0.471 e. The third kappa shape index (κ3) is 4.72. The first-order valence-corrected chi connectivity index (χ1v) is 9.75. The molecule has 3 aromatic rings. The van der Waals surface area contributed by atoms with Gasteiger partial charge in [-0.2, -0.15) is 0 Å². The Balaban J connectivity index is 1.59.